The second kappa shape index (κ2) is 6.93. The van der Waals surface area contributed by atoms with Gasteiger partial charge in [0.15, 0.2) is 6.29 Å². The van der Waals surface area contributed by atoms with Gasteiger partial charge in [-0.25, -0.2) is 14.6 Å². The first-order valence-corrected chi connectivity index (χ1v) is 7.42. The van der Waals surface area contributed by atoms with Crippen LogP contribution in [0.25, 0.3) is 10.9 Å². The van der Waals surface area contributed by atoms with Crippen molar-refractivity contribution < 1.29 is 24.1 Å². The van der Waals surface area contributed by atoms with E-state index >= 15 is 0 Å². The van der Waals surface area contributed by atoms with E-state index in [0.717, 1.165) is 11.8 Å². The third kappa shape index (κ3) is 4.18. The number of hydrogen-bond donors (Lipinski definition) is 0. The summed E-state index contributed by atoms with van der Waals surface area (Å²) in [5.74, 6) is 0. The lowest BCUT2D eigenvalue weighted by Crippen LogP contribution is -2.26. The van der Waals surface area contributed by atoms with Gasteiger partial charge >= 0.3 is 6.09 Å². The molecule has 0 saturated carbocycles. The van der Waals surface area contributed by atoms with Gasteiger partial charge in [-0.3, -0.25) is 9.36 Å². The summed E-state index contributed by atoms with van der Waals surface area (Å²) >= 11 is 0. The molecule has 6 nitrogen and oxygen atoms in total. The maximum absolute atomic E-state index is 12.3. The third-order valence-electron chi connectivity index (χ3n) is 3.04. The molecule has 0 saturated heterocycles. The van der Waals surface area contributed by atoms with Gasteiger partial charge in [0.25, 0.3) is 0 Å². The van der Waals surface area contributed by atoms with E-state index in [2.05, 4.69) is 0 Å². The Morgan fingerprint density at radius 1 is 1.26 bits per heavy atom. The van der Waals surface area contributed by atoms with E-state index in [1.165, 1.54) is 4.57 Å². The Labute approximate surface area is 134 Å². The minimum atomic E-state index is -0.600. The number of carbonyl (C=O) groups excluding carboxylic acids is 2. The lowest BCUT2D eigenvalue weighted by atomic mass is 10.1. The number of aromatic nitrogens is 1. The lowest BCUT2D eigenvalue weighted by Gasteiger charge is -2.20. The van der Waals surface area contributed by atoms with E-state index in [9.17, 15) is 9.59 Å². The lowest BCUT2D eigenvalue weighted by molar-refractivity contribution is -0.300. The van der Waals surface area contributed by atoms with Gasteiger partial charge in [-0.2, -0.15) is 0 Å². The molecule has 23 heavy (non-hydrogen) atoms. The van der Waals surface area contributed by atoms with Gasteiger partial charge in [-0.1, -0.05) is 0 Å². The van der Waals surface area contributed by atoms with Crippen molar-refractivity contribution in [2.24, 2.45) is 0 Å². The van der Waals surface area contributed by atoms with Gasteiger partial charge < -0.3 is 4.74 Å². The summed E-state index contributed by atoms with van der Waals surface area (Å²) in [5.41, 5.74) is 1.21. The SMILES string of the molecule is CCOOCc1cc(C=O)c2ccn(C(=O)OC(C)(C)C)c2c1. The Bertz CT molecular complexity index is 712. The van der Waals surface area contributed by atoms with Crippen molar-refractivity contribution in [3.8, 4) is 0 Å². The zero-order chi connectivity index (χ0) is 17.0. The monoisotopic (exact) mass is 319 g/mol. The van der Waals surface area contributed by atoms with Gasteiger partial charge in [-0.05, 0) is 51.5 Å². The second-order valence-electron chi connectivity index (χ2n) is 6.07. The fourth-order valence-electron chi connectivity index (χ4n) is 2.17. The first kappa shape index (κ1) is 17.2. The van der Waals surface area contributed by atoms with Gasteiger partial charge in [0.2, 0.25) is 0 Å². The largest absolute Gasteiger partial charge is 0.443 e. The molecule has 0 spiro atoms. The molecule has 2 rings (SSSR count). The first-order valence-electron chi connectivity index (χ1n) is 7.42. The number of nitrogens with zero attached hydrogens (tertiary/aromatic N) is 1. The normalized spacial score (nSPS) is 11.7. The molecule has 0 aliphatic carbocycles. The van der Waals surface area contributed by atoms with Crippen molar-refractivity contribution in [1.82, 2.24) is 4.57 Å². The molecule has 0 aliphatic heterocycles. The van der Waals surface area contributed by atoms with Crippen molar-refractivity contribution in [2.45, 2.75) is 39.9 Å². The van der Waals surface area contributed by atoms with Crippen LogP contribution in [0.15, 0.2) is 24.4 Å². The predicted octanol–water partition coefficient (Wildman–Crippen LogP) is 3.71. The number of rotatable bonds is 5. The highest BCUT2D eigenvalue weighted by Gasteiger charge is 2.20. The molecule has 0 fully saturated rings. The topological polar surface area (TPSA) is 66.8 Å². The van der Waals surface area contributed by atoms with E-state index in [1.807, 2.05) is 6.92 Å². The van der Waals surface area contributed by atoms with Crippen molar-refractivity contribution in [3.63, 3.8) is 0 Å². The van der Waals surface area contributed by atoms with Gasteiger partial charge in [0, 0.05) is 17.1 Å². The molecule has 124 valence electrons. The summed E-state index contributed by atoms with van der Waals surface area (Å²) in [6, 6.07) is 5.22. The molecule has 0 atom stereocenters. The Morgan fingerprint density at radius 3 is 2.61 bits per heavy atom. The minimum absolute atomic E-state index is 0.185. The molecule has 1 aromatic carbocycles. The summed E-state index contributed by atoms with van der Waals surface area (Å²) in [4.78, 5) is 33.5. The van der Waals surface area contributed by atoms with Gasteiger partial charge in [0.05, 0.1) is 12.1 Å². The Hall–Kier alpha value is -2.18. The molecule has 0 aliphatic rings. The smallest absolute Gasteiger partial charge is 0.418 e. The van der Waals surface area contributed by atoms with Crippen molar-refractivity contribution in [1.29, 1.82) is 0 Å². The molecule has 0 bridgehead atoms. The highest BCUT2D eigenvalue weighted by molar-refractivity contribution is 6.00. The zero-order valence-corrected chi connectivity index (χ0v) is 13.8. The fourth-order valence-corrected chi connectivity index (χ4v) is 2.17. The number of aldehydes is 1. The van der Waals surface area contributed by atoms with Gasteiger partial charge in [0.1, 0.15) is 12.2 Å². The van der Waals surface area contributed by atoms with Gasteiger partial charge in [-0.15, -0.1) is 0 Å². The average Bonchev–Trinajstić information content (AvgIpc) is 2.89. The summed E-state index contributed by atoms with van der Waals surface area (Å²) in [6.45, 7) is 7.83. The highest BCUT2D eigenvalue weighted by Crippen LogP contribution is 2.23. The minimum Gasteiger partial charge on any atom is -0.443 e. The van der Waals surface area contributed by atoms with Crippen LogP contribution in [0.4, 0.5) is 4.79 Å². The van der Waals surface area contributed by atoms with E-state index < -0.39 is 11.7 Å². The van der Waals surface area contributed by atoms with Crippen LogP contribution in [0.2, 0.25) is 0 Å². The van der Waals surface area contributed by atoms with Crippen LogP contribution in [0.3, 0.4) is 0 Å². The molecule has 1 aromatic heterocycles. The van der Waals surface area contributed by atoms with Crippen LogP contribution in [0.5, 0.6) is 0 Å². The first-order chi connectivity index (χ1) is 10.9. The summed E-state index contributed by atoms with van der Waals surface area (Å²) < 4.78 is 6.77. The number of ether oxygens (including phenoxy) is 1. The van der Waals surface area contributed by atoms with Crippen molar-refractivity contribution in [2.75, 3.05) is 6.61 Å². The van der Waals surface area contributed by atoms with Crippen molar-refractivity contribution in [3.05, 3.63) is 35.5 Å². The average molecular weight is 319 g/mol. The van der Waals surface area contributed by atoms with Crippen LogP contribution in [-0.4, -0.2) is 29.2 Å². The quantitative estimate of drug-likeness (QED) is 0.364. The van der Waals surface area contributed by atoms with Crippen LogP contribution >= 0.6 is 0 Å². The third-order valence-corrected chi connectivity index (χ3v) is 3.04. The van der Waals surface area contributed by atoms with E-state index in [1.54, 1.807) is 45.2 Å². The number of carbonyl (C=O) groups is 2. The van der Waals surface area contributed by atoms with Crippen LogP contribution in [0.1, 0.15) is 43.6 Å². The summed E-state index contributed by atoms with van der Waals surface area (Å²) in [7, 11) is 0. The standard InChI is InChI=1S/C17H21NO5/c1-5-21-22-11-12-8-13(10-19)14-6-7-18(15(14)9-12)16(20)23-17(2,3)4/h6-10H,5,11H2,1-4H3. The van der Waals surface area contributed by atoms with E-state index in [-0.39, 0.29) is 6.61 Å². The molecule has 0 radical (unpaired) electrons. The maximum Gasteiger partial charge on any atom is 0.418 e. The number of hydrogen-bond acceptors (Lipinski definition) is 5. The van der Waals surface area contributed by atoms with Crippen LogP contribution in [0, 0.1) is 0 Å². The molecule has 2 aromatic rings. The van der Waals surface area contributed by atoms with E-state index in [4.69, 9.17) is 14.5 Å². The molecular weight excluding hydrogens is 298 g/mol. The highest BCUT2D eigenvalue weighted by atomic mass is 17.2. The number of fused-ring (bicyclic) bond motifs is 1. The fraction of sp³-hybridized carbons (Fsp3) is 0.412. The maximum atomic E-state index is 12.3. The second-order valence-corrected chi connectivity index (χ2v) is 6.07. The van der Waals surface area contributed by atoms with Crippen molar-refractivity contribution >= 4 is 23.3 Å². The molecule has 0 N–H and O–H groups in total. The molecule has 1 heterocycles. The molecular formula is C17H21NO5. The summed E-state index contributed by atoms with van der Waals surface area (Å²) in [6.07, 6.45) is 1.86. The predicted molar refractivity (Wildman–Crippen MR) is 85.4 cm³/mol. The van der Waals surface area contributed by atoms with Crippen LogP contribution < -0.4 is 0 Å². The molecule has 6 heteroatoms. The Kier molecular flexibility index (Phi) is 5.18. The zero-order valence-electron chi connectivity index (χ0n) is 13.8. The Balaban J connectivity index is 2.41. The summed E-state index contributed by atoms with van der Waals surface area (Å²) in [5, 5.41) is 0.686. The number of benzene rings is 1. The Morgan fingerprint density at radius 2 is 2.00 bits per heavy atom. The molecule has 0 unspecified atom stereocenters. The van der Waals surface area contributed by atoms with E-state index in [0.29, 0.717) is 23.1 Å². The molecule has 0 amide bonds. The van der Waals surface area contributed by atoms with Crippen LogP contribution in [-0.2, 0) is 21.1 Å².